The van der Waals surface area contributed by atoms with Crippen LogP contribution in [0.15, 0.2) is 36.5 Å². The zero-order chi connectivity index (χ0) is 22.6. The Hall–Kier alpha value is -3.19. The van der Waals surface area contributed by atoms with Crippen molar-refractivity contribution in [1.82, 2.24) is 14.8 Å². The van der Waals surface area contributed by atoms with Crippen LogP contribution in [0, 0.1) is 12.7 Å². The lowest BCUT2D eigenvalue weighted by molar-refractivity contribution is -0.153. The van der Waals surface area contributed by atoms with Crippen LogP contribution in [-0.2, 0) is 9.53 Å². The molecular formula is C25H26FN3O3. The molecule has 166 valence electrons. The zero-order valence-electron chi connectivity index (χ0n) is 18.4. The predicted molar refractivity (Wildman–Crippen MR) is 121 cm³/mol. The molecule has 0 amide bonds. The van der Waals surface area contributed by atoms with Crippen molar-refractivity contribution in [2.75, 3.05) is 6.61 Å². The molecule has 0 bridgehead atoms. The van der Waals surface area contributed by atoms with Crippen molar-refractivity contribution in [2.45, 2.75) is 51.6 Å². The number of H-pyrrole nitrogens is 1. The van der Waals surface area contributed by atoms with E-state index in [1.165, 1.54) is 11.6 Å². The average molecular weight is 435 g/mol. The van der Waals surface area contributed by atoms with E-state index in [9.17, 15) is 14.3 Å². The number of aromatic amines is 1. The second-order valence-corrected chi connectivity index (χ2v) is 8.98. The maximum Gasteiger partial charge on any atom is 0.332 e. The summed E-state index contributed by atoms with van der Waals surface area (Å²) in [7, 11) is 0. The van der Waals surface area contributed by atoms with Crippen molar-refractivity contribution in [2.24, 2.45) is 0 Å². The fraction of sp³-hybridized carbons (Fsp3) is 0.360. The van der Waals surface area contributed by atoms with Gasteiger partial charge < -0.3 is 14.4 Å². The van der Waals surface area contributed by atoms with Gasteiger partial charge in [0.1, 0.15) is 5.82 Å². The second kappa shape index (κ2) is 7.74. The molecule has 0 aliphatic carbocycles. The lowest BCUT2D eigenvalue weighted by atomic mass is 9.87. The van der Waals surface area contributed by atoms with E-state index >= 15 is 0 Å². The number of fused-ring (bicyclic) bond motifs is 2. The number of benzene rings is 2. The van der Waals surface area contributed by atoms with Crippen LogP contribution in [0.2, 0.25) is 0 Å². The lowest BCUT2D eigenvalue weighted by Gasteiger charge is -2.28. The molecule has 5 rings (SSSR count). The van der Waals surface area contributed by atoms with Gasteiger partial charge >= 0.3 is 5.97 Å². The summed E-state index contributed by atoms with van der Waals surface area (Å²) in [6.45, 7) is 6.44. The zero-order valence-corrected chi connectivity index (χ0v) is 18.4. The number of carboxylic acid groups (broad SMARTS) is 1. The summed E-state index contributed by atoms with van der Waals surface area (Å²) in [5.74, 6) is -0.866. The van der Waals surface area contributed by atoms with E-state index < -0.39 is 12.1 Å². The molecule has 0 radical (unpaired) electrons. The van der Waals surface area contributed by atoms with Gasteiger partial charge in [0.05, 0.1) is 23.8 Å². The van der Waals surface area contributed by atoms with Gasteiger partial charge in [-0.3, -0.25) is 5.10 Å². The normalized spacial score (nSPS) is 19.3. The minimum atomic E-state index is -0.907. The standard InChI is InChI=1S/C25H26FN3O3/c1-13(2)24-23(15-4-7-22(25(30)31)32-12-15)18-10-20-16(11-27-28-20)9-21(18)29(24)17-5-6-19(26)14(3)8-17/h5-6,8-11,13,15,22H,4,7,12H2,1-3H3,(H,27,28)(H,30,31)/t15-,22?/m0/s1. The number of hydrogen-bond acceptors (Lipinski definition) is 3. The molecule has 4 aromatic rings. The molecule has 1 fully saturated rings. The molecule has 1 aliphatic rings. The Labute approximate surface area is 185 Å². The summed E-state index contributed by atoms with van der Waals surface area (Å²) < 4.78 is 22.0. The number of nitrogens with one attached hydrogen (secondary N) is 1. The molecule has 7 heteroatoms. The number of rotatable bonds is 4. The van der Waals surface area contributed by atoms with Gasteiger partial charge in [0, 0.05) is 28.1 Å². The smallest absolute Gasteiger partial charge is 0.332 e. The van der Waals surface area contributed by atoms with Gasteiger partial charge in [-0.15, -0.1) is 0 Å². The topological polar surface area (TPSA) is 80.1 Å². The van der Waals surface area contributed by atoms with Gasteiger partial charge in [-0.25, -0.2) is 9.18 Å². The Bertz CT molecular complexity index is 1330. The molecule has 0 saturated carbocycles. The molecule has 2 N–H and O–H groups in total. The molecular weight excluding hydrogens is 409 g/mol. The Morgan fingerprint density at radius 1 is 1.28 bits per heavy atom. The van der Waals surface area contributed by atoms with Crippen molar-refractivity contribution < 1.29 is 19.0 Å². The number of aromatic nitrogens is 3. The third-order valence-electron chi connectivity index (χ3n) is 6.51. The summed E-state index contributed by atoms with van der Waals surface area (Å²) >= 11 is 0. The van der Waals surface area contributed by atoms with Crippen LogP contribution in [0.1, 0.15) is 55.3 Å². The number of hydrogen-bond donors (Lipinski definition) is 2. The average Bonchev–Trinajstić information content (AvgIpc) is 3.36. The Balaban J connectivity index is 1.78. The molecule has 2 atom stereocenters. The Morgan fingerprint density at radius 2 is 2.09 bits per heavy atom. The molecule has 1 aliphatic heterocycles. The number of carboxylic acids is 1. The van der Waals surface area contributed by atoms with Crippen LogP contribution in [0.3, 0.4) is 0 Å². The minimum absolute atomic E-state index is 0.0775. The quantitative estimate of drug-likeness (QED) is 0.448. The van der Waals surface area contributed by atoms with Gasteiger partial charge in [-0.2, -0.15) is 5.10 Å². The largest absolute Gasteiger partial charge is 0.479 e. The monoisotopic (exact) mass is 435 g/mol. The van der Waals surface area contributed by atoms with Gasteiger partial charge in [-0.05, 0) is 67.1 Å². The number of nitrogens with zero attached hydrogens (tertiary/aromatic N) is 2. The molecule has 2 aromatic heterocycles. The van der Waals surface area contributed by atoms with E-state index in [0.717, 1.165) is 39.6 Å². The first-order valence-electron chi connectivity index (χ1n) is 11.0. The van der Waals surface area contributed by atoms with Gasteiger partial charge in [0.15, 0.2) is 6.10 Å². The van der Waals surface area contributed by atoms with Crippen molar-refractivity contribution in [3.05, 3.63) is 59.2 Å². The fourth-order valence-electron chi connectivity index (χ4n) is 4.99. The number of aliphatic carboxylic acids is 1. The summed E-state index contributed by atoms with van der Waals surface area (Å²) in [6, 6.07) is 9.44. The number of carbonyl (C=O) groups is 1. The highest BCUT2D eigenvalue weighted by molar-refractivity contribution is 5.99. The third kappa shape index (κ3) is 3.28. The van der Waals surface area contributed by atoms with E-state index in [1.54, 1.807) is 13.1 Å². The highest BCUT2D eigenvalue weighted by Crippen LogP contribution is 2.43. The molecule has 6 nitrogen and oxygen atoms in total. The van der Waals surface area contributed by atoms with Gasteiger partial charge in [0.2, 0.25) is 0 Å². The fourth-order valence-corrected chi connectivity index (χ4v) is 4.99. The van der Waals surface area contributed by atoms with E-state index in [4.69, 9.17) is 4.74 Å². The maximum atomic E-state index is 14.1. The molecule has 3 heterocycles. The first-order valence-corrected chi connectivity index (χ1v) is 11.0. The van der Waals surface area contributed by atoms with Crippen molar-refractivity contribution in [3.8, 4) is 5.69 Å². The van der Waals surface area contributed by atoms with E-state index in [0.29, 0.717) is 18.6 Å². The molecule has 1 unspecified atom stereocenters. The van der Waals surface area contributed by atoms with Gasteiger partial charge in [0.25, 0.3) is 0 Å². The second-order valence-electron chi connectivity index (χ2n) is 8.98. The van der Waals surface area contributed by atoms with E-state index in [1.807, 2.05) is 12.1 Å². The summed E-state index contributed by atoms with van der Waals surface area (Å²) in [5, 5.41) is 18.7. The minimum Gasteiger partial charge on any atom is -0.479 e. The highest BCUT2D eigenvalue weighted by atomic mass is 19.1. The van der Waals surface area contributed by atoms with Crippen molar-refractivity contribution >= 4 is 27.8 Å². The summed E-state index contributed by atoms with van der Waals surface area (Å²) in [5.41, 5.74) is 5.80. The van der Waals surface area contributed by atoms with E-state index in [2.05, 4.69) is 40.7 Å². The number of ether oxygens (including phenoxy) is 1. The van der Waals surface area contributed by atoms with Crippen LogP contribution in [-0.4, -0.2) is 38.6 Å². The summed E-state index contributed by atoms with van der Waals surface area (Å²) in [6.07, 6.45) is 2.27. The van der Waals surface area contributed by atoms with Crippen molar-refractivity contribution in [1.29, 1.82) is 0 Å². The first kappa shape index (κ1) is 20.7. The third-order valence-corrected chi connectivity index (χ3v) is 6.51. The Kier molecular flexibility index (Phi) is 5.01. The van der Waals surface area contributed by atoms with Crippen LogP contribution in [0.25, 0.3) is 27.5 Å². The van der Waals surface area contributed by atoms with Crippen LogP contribution in [0.5, 0.6) is 0 Å². The highest BCUT2D eigenvalue weighted by Gasteiger charge is 2.33. The van der Waals surface area contributed by atoms with E-state index in [-0.39, 0.29) is 17.7 Å². The molecule has 2 aromatic carbocycles. The van der Waals surface area contributed by atoms with Gasteiger partial charge in [-0.1, -0.05) is 13.8 Å². The van der Waals surface area contributed by atoms with Crippen LogP contribution >= 0.6 is 0 Å². The maximum absolute atomic E-state index is 14.1. The Morgan fingerprint density at radius 3 is 2.75 bits per heavy atom. The lowest BCUT2D eigenvalue weighted by Crippen LogP contribution is -2.31. The van der Waals surface area contributed by atoms with Crippen LogP contribution in [0.4, 0.5) is 4.39 Å². The van der Waals surface area contributed by atoms with Crippen LogP contribution < -0.4 is 0 Å². The molecule has 0 spiro atoms. The number of aryl methyl sites for hydroxylation is 1. The summed E-state index contributed by atoms with van der Waals surface area (Å²) in [4.78, 5) is 11.4. The number of halogens is 1. The SMILES string of the molecule is Cc1cc(-n2c(C(C)C)c([C@H]3CCC(C(=O)O)OC3)c3cc4[nH]ncc4cc32)ccc1F. The predicted octanol–water partition coefficient (Wildman–Crippen LogP) is 5.42. The molecule has 32 heavy (non-hydrogen) atoms. The first-order chi connectivity index (χ1) is 15.3. The molecule has 1 saturated heterocycles. The van der Waals surface area contributed by atoms with Crippen molar-refractivity contribution in [3.63, 3.8) is 0 Å².